The van der Waals surface area contributed by atoms with E-state index in [1.807, 2.05) is 0 Å². The van der Waals surface area contributed by atoms with Gasteiger partial charge in [-0.25, -0.2) is 0 Å². The number of carbonyl (C=O) groups excluding carboxylic acids is 2. The van der Waals surface area contributed by atoms with Crippen molar-refractivity contribution in [1.29, 1.82) is 0 Å². The van der Waals surface area contributed by atoms with E-state index in [1.54, 1.807) is 59.5 Å². The lowest BCUT2D eigenvalue weighted by Crippen LogP contribution is -2.50. The van der Waals surface area contributed by atoms with Crippen LogP contribution in [0, 0.1) is 4.64 Å². The first-order valence-corrected chi connectivity index (χ1v) is 8.41. The summed E-state index contributed by atoms with van der Waals surface area (Å²) < 4.78 is 5.60. The Hall–Kier alpha value is -2.67. The van der Waals surface area contributed by atoms with Crippen molar-refractivity contribution in [2.75, 3.05) is 33.3 Å². The Labute approximate surface area is 151 Å². The van der Waals surface area contributed by atoms with Crippen LogP contribution in [0.3, 0.4) is 0 Å². The Morgan fingerprint density at radius 1 is 1.04 bits per heavy atom. The summed E-state index contributed by atoms with van der Waals surface area (Å²) in [7, 11) is 1.57. The van der Waals surface area contributed by atoms with E-state index in [1.165, 1.54) is 0 Å². The van der Waals surface area contributed by atoms with Crippen molar-refractivity contribution in [2.24, 2.45) is 0 Å². The van der Waals surface area contributed by atoms with Crippen LogP contribution in [-0.2, 0) is 0 Å². The normalized spacial score (nSPS) is 14.3. The van der Waals surface area contributed by atoms with Gasteiger partial charge >= 0.3 is 0 Å². The predicted molar refractivity (Wildman–Crippen MR) is 96.4 cm³/mol. The molecule has 6 nitrogen and oxygen atoms in total. The molecule has 0 spiro atoms. The smallest absolute Gasteiger partial charge is 0.256 e. The summed E-state index contributed by atoms with van der Waals surface area (Å²) >= 11 is 5.17. The first-order valence-electron chi connectivity index (χ1n) is 8.00. The van der Waals surface area contributed by atoms with Gasteiger partial charge in [0.2, 0.25) is 0 Å². The quantitative estimate of drug-likeness (QED) is 0.857. The molecule has 130 valence electrons. The molecule has 1 aliphatic rings. The van der Waals surface area contributed by atoms with Crippen LogP contribution in [0.5, 0.6) is 5.75 Å². The molecule has 1 aliphatic heterocycles. The van der Waals surface area contributed by atoms with Crippen LogP contribution in [0.25, 0.3) is 0 Å². The maximum absolute atomic E-state index is 12.6. The van der Waals surface area contributed by atoms with E-state index in [0.717, 1.165) is 0 Å². The second-order valence-corrected chi connectivity index (χ2v) is 6.14. The van der Waals surface area contributed by atoms with Gasteiger partial charge < -0.3 is 19.5 Å². The number of carbonyl (C=O) groups is 2. The number of aromatic amines is 1. The highest BCUT2D eigenvalue weighted by molar-refractivity contribution is 7.71. The highest BCUT2D eigenvalue weighted by Gasteiger charge is 2.26. The fourth-order valence-electron chi connectivity index (χ4n) is 2.81. The van der Waals surface area contributed by atoms with Gasteiger partial charge in [0.05, 0.1) is 12.7 Å². The van der Waals surface area contributed by atoms with Crippen LogP contribution in [-0.4, -0.2) is 59.9 Å². The number of amides is 2. The number of hydrogen-bond donors (Lipinski definition) is 1. The fourth-order valence-corrected chi connectivity index (χ4v) is 3.04. The largest absolute Gasteiger partial charge is 0.497 e. The highest BCUT2D eigenvalue weighted by Crippen LogP contribution is 2.16. The molecule has 7 heteroatoms. The van der Waals surface area contributed by atoms with Crippen LogP contribution in [0.1, 0.15) is 20.7 Å². The van der Waals surface area contributed by atoms with Gasteiger partial charge in [-0.2, -0.15) is 0 Å². The average Bonchev–Trinajstić information content (AvgIpc) is 2.67. The van der Waals surface area contributed by atoms with Gasteiger partial charge in [-0.15, -0.1) is 0 Å². The van der Waals surface area contributed by atoms with Crippen LogP contribution in [0.15, 0.2) is 42.6 Å². The van der Waals surface area contributed by atoms with E-state index in [4.69, 9.17) is 17.0 Å². The number of H-pyrrole nitrogens is 1. The van der Waals surface area contributed by atoms with Gasteiger partial charge in [-0.1, -0.05) is 18.3 Å². The molecule has 0 radical (unpaired) electrons. The molecule has 0 aliphatic carbocycles. The standard InChI is InChI=1S/C18H19N3O3S/c1-24-14-5-2-4-13(12-14)17(22)20-8-10-21(11-9-20)18(23)15-6-3-7-19-16(15)25/h2-7,12H,8-11H2,1H3,(H,19,25). The number of hydrogen-bond acceptors (Lipinski definition) is 4. The lowest BCUT2D eigenvalue weighted by molar-refractivity contribution is 0.0535. The van der Waals surface area contributed by atoms with Crippen molar-refractivity contribution in [3.8, 4) is 5.75 Å². The summed E-state index contributed by atoms with van der Waals surface area (Å²) in [4.78, 5) is 31.5. The highest BCUT2D eigenvalue weighted by atomic mass is 32.1. The van der Waals surface area contributed by atoms with Gasteiger partial charge in [0.15, 0.2) is 0 Å². The van der Waals surface area contributed by atoms with Gasteiger partial charge in [-0.05, 0) is 30.3 Å². The summed E-state index contributed by atoms with van der Waals surface area (Å²) in [5, 5.41) is 0. The number of methoxy groups -OCH3 is 1. The van der Waals surface area contributed by atoms with Gasteiger partial charge in [0.25, 0.3) is 11.8 Å². The molecule has 1 aromatic carbocycles. The lowest BCUT2D eigenvalue weighted by atomic mass is 10.1. The molecular weight excluding hydrogens is 338 g/mol. The lowest BCUT2D eigenvalue weighted by Gasteiger charge is -2.34. The van der Waals surface area contributed by atoms with Gasteiger partial charge in [0.1, 0.15) is 10.4 Å². The number of pyridine rings is 1. The third kappa shape index (κ3) is 3.71. The fraction of sp³-hybridized carbons (Fsp3) is 0.278. The zero-order valence-electron chi connectivity index (χ0n) is 13.9. The summed E-state index contributed by atoms with van der Waals surface area (Å²) in [6.07, 6.45) is 1.70. The molecule has 0 unspecified atom stereocenters. The molecule has 1 saturated heterocycles. The molecular formula is C18H19N3O3S. The van der Waals surface area contributed by atoms with Crippen molar-refractivity contribution in [3.63, 3.8) is 0 Å². The van der Waals surface area contributed by atoms with Crippen molar-refractivity contribution in [2.45, 2.75) is 0 Å². The van der Waals surface area contributed by atoms with Crippen molar-refractivity contribution in [3.05, 3.63) is 58.4 Å². The summed E-state index contributed by atoms with van der Waals surface area (Å²) in [6, 6.07) is 10.6. The second kappa shape index (κ2) is 7.48. The maximum atomic E-state index is 12.6. The minimum atomic E-state index is -0.102. The number of benzene rings is 1. The zero-order valence-corrected chi connectivity index (χ0v) is 14.7. The minimum Gasteiger partial charge on any atom is -0.497 e. The van der Waals surface area contributed by atoms with Crippen LogP contribution in [0.4, 0.5) is 0 Å². The molecule has 3 rings (SSSR count). The second-order valence-electron chi connectivity index (χ2n) is 5.73. The Morgan fingerprint density at radius 2 is 1.72 bits per heavy atom. The van der Waals surface area contributed by atoms with E-state index in [9.17, 15) is 9.59 Å². The number of ether oxygens (including phenoxy) is 1. The molecule has 0 saturated carbocycles. The predicted octanol–water partition coefficient (Wildman–Crippen LogP) is 2.35. The first-order chi connectivity index (χ1) is 12.1. The first kappa shape index (κ1) is 17.2. The van der Waals surface area contributed by atoms with E-state index in [-0.39, 0.29) is 11.8 Å². The van der Waals surface area contributed by atoms with Gasteiger partial charge in [-0.3, -0.25) is 9.59 Å². The van der Waals surface area contributed by atoms with E-state index in [0.29, 0.717) is 47.7 Å². The molecule has 1 aromatic heterocycles. The Kier molecular flexibility index (Phi) is 5.14. The number of piperazine rings is 1. The molecule has 1 fully saturated rings. The molecule has 0 atom stereocenters. The van der Waals surface area contributed by atoms with Crippen molar-refractivity contribution < 1.29 is 14.3 Å². The third-order valence-electron chi connectivity index (χ3n) is 4.22. The Balaban J connectivity index is 1.65. The van der Waals surface area contributed by atoms with E-state index >= 15 is 0 Å². The Bertz CT molecular complexity index is 841. The summed E-state index contributed by atoms with van der Waals surface area (Å²) in [5.41, 5.74) is 1.08. The zero-order chi connectivity index (χ0) is 17.8. The van der Waals surface area contributed by atoms with Gasteiger partial charge in [0, 0.05) is 37.9 Å². The van der Waals surface area contributed by atoms with E-state index in [2.05, 4.69) is 4.98 Å². The third-order valence-corrected chi connectivity index (χ3v) is 4.56. The molecule has 2 aromatic rings. The number of nitrogens with one attached hydrogen (secondary N) is 1. The molecule has 2 amide bonds. The number of rotatable bonds is 3. The Morgan fingerprint density at radius 3 is 2.36 bits per heavy atom. The number of aromatic nitrogens is 1. The molecule has 1 N–H and O–H groups in total. The summed E-state index contributed by atoms with van der Waals surface area (Å²) in [5.74, 6) is 0.497. The van der Waals surface area contributed by atoms with Crippen LogP contribution < -0.4 is 4.74 Å². The summed E-state index contributed by atoms with van der Waals surface area (Å²) in [6.45, 7) is 1.95. The maximum Gasteiger partial charge on any atom is 0.256 e. The van der Waals surface area contributed by atoms with E-state index < -0.39 is 0 Å². The number of nitrogens with zero attached hydrogens (tertiary/aromatic N) is 2. The molecule has 25 heavy (non-hydrogen) atoms. The minimum absolute atomic E-state index is 0.0528. The SMILES string of the molecule is COc1cccc(C(=O)N2CCN(C(=O)c3ccc[nH]c3=S)CC2)c1. The molecule has 0 bridgehead atoms. The van der Waals surface area contributed by atoms with Crippen molar-refractivity contribution in [1.82, 2.24) is 14.8 Å². The average molecular weight is 357 g/mol. The molecule has 2 heterocycles. The van der Waals surface area contributed by atoms with Crippen LogP contribution >= 0.6 is 12.2 Å². The van der Waals surface area contributed by atoms with Crippen molar-refractivity contribution >= 4 is 24.0 Å². The topological polar surface area (TPSA) is 65.6 Å². The van der Waals surface area contributed by atoms with Crippen LogP contribution in [0.2, 0.25) is 0 Å². The monoisotopic (exact) mass is 357 g/mol.